The fraction of sp³-hybridized carbons (Fsp3) is 0.263. The van der Waals surface area contributed by atoms with Crippen molar-refractivity contribution in [3.8, 4) is 5.88 Å². The van der Waals surface area contributed by atoms with Crippen molar-refractivity contribution in [1.29, 1.82) is 0 Å². The number of nitrogens with one attached hydrogen (secondary N) is 1. The largest absolute Gasteiger partial charge is 0.480 e. The molecule has 1 saturated heterocycles. The minimum atomic E-state index is -0.256. The molecule has 9 heteroatoms. The number of benzene rings is 1. The predicted molar refractivity (Wildman–Crippen MR) is 111 cm³/mol. The number of nitrogen functional groups attached to an aromatic ring is 1. The summed E-state index contributed by atoms with van der Waals surface area (Å²) < 4.78 is 5.55. The molecule has 0 bridgehead atoms. The maximum Gasteiger partial charge on any atom is 0.253 e. The second kappa shape index (κ2) is 10.4. The SMILES string of the molecule is C=CC(=O)Nc1ccc(C(=O)N2CCCC2)cc1.COc1nc(N)ncc1Br. The number of methoxy groups -OCH3 is 1. The number of carbonyl (C=O) groups is 2. The van der Waals surface area contributed by atoms with E-state index in [0.29, 0.717) is 21.6 Å². The van der Waals surface area contributed by atoms with Gasteiger partial charge in [0, 0.05) is 24.3 Å². The lowest BCUT2D eigenvalue weighted by Crippen LogP contribution is -2.27. The smallest absolute Gasteiger partial charge is 0.253 e. The molecule has 0 spiro atoms. The molecule has 1 aliphatic heterocycles. The van der Waals surface area contributed by atoms with E-state index in [1.165, 1.54) is 13.2 Å². The molecule has 2 aromatic rings. The third-order valence-electron chi connectivity index (χ3n) is 3.90. The van der Waals surface area contributed by atoms with Gasteiger partial charge in [-0.25, -0.2) is 4.98 Å². The van der Waals surface area contributed by atoms with Crippen molar-refractivity contribution < 1.29 is 14.3 Å². The highest BCUT2D eigenvalue weighted by molar-refractivity contribution is 9.10. The van der Waals surface area contributed by atoms with Crippen LogP contribution in [0.3, 0.4) is 0 Å². The fourth-order valence-corrected chi connectivity index (χ4v) is 2.85. The summed E-state index contributed by atoms with van der Waals surface area (Å²) >= 11 is 3.19. The van der Waals surface area contributed by atoms with Gasteiger partial charge in [-0.3, -0.25) is 9.59 Å². The van der Waals surface area contributed by atoms with Gasteiger partial charge < -0.3 is 20.7 Å². The van der Waals surface area contributed by atoms with E-state index in [1.54, 1.807) is 30.5 Å². The van der Waals surface area contributed by atoms with Gasteiger partial charge in [0.1, 0.15) is 0 Å². The number of amides is 2. The minimum Gasteiger partial charge on any atom is -0.480 e. The highest BCUT2D eigenvalue weighted by Gasteiger charge is 2.19. The molecule has 28 heavy (non-hydrogen) atoms. The van der Waals surface area contributed by atoms with Gasteiger partial charge in [0.25, 0.3) is 5.91 Å². The monoisotopic (exact) mass is 447 g/mol. The number of nitrogens with zero attached hydrogens (tertiary/aromatic N) is 3. The van der Waals surface area contributed by atoms with E-state index in [1.807, 2.05) is 4.90 Å². The number of carbonyl (C=O) groups excluding carboxylic acids is 2. The van der Waals surface area contributed by atoms with Crippen LogP contribution >= 0.6 is 15.9 Å². The van der Waals surface area contributed by atoms with Crippen LogP contribution in [0.5, 0.6) is 5.88 Å². The molecule has 3 N–H and O–H groups in total. The molecule has 0 radical (unpaired) electrons. The number of halogens is 1. The Labute approximate surface area is 171 Å². The zero-order valence-electron chi connectivity index (χ0n) is 15.5. The minimum absolute atomic E-state index is 0.0640. The lowest BCUT2D eigenvalue weighted by molar-refractivity contribution is -0.111. The van der Waals surface area contributed by atoms with Gasteiger partial charge in [-0.15, -0.1) is 0 Å². The van der Waals surface area contributed by atoms with Crippen LogP contribution in [0.1, 0.15) is 23.2 Å². The molecular weight excluding hydrogens is 426 g/mol. The number of hydrogen-bond donors (Lipinski definition) is 2. The molecule has 2 heterocycles. The van der Waals surface area contributed by atoms with E-state index in [9.17, 15) is 9.59 Å². The highest BCUT2D eigenvalue weighted by atomic mass is 79.9. The lowest BCUT2D eigenvalue weighted by Gasteiger charge is -2.15. The van der Waals surface area contributed by atoms with E-state index in [0.717, 1.165) is 25.9 Å². The quantitative estimate of drug-likeness (QED) is 0.696. The summed E-state index contributed by atoms with van der Waals surface area (Å²) in [4.78, 5) is 32.5. The van der Waals surface area contributed by atoms with Crippen LogP contribution in [-0.2, 0) is 4.79 Å². The lowest BCUT2D eigenvalue weighted by atomic mass is 10.2. The summed E-state index contributed by atoms with van der Waals surface area (Å²) in [5, 5.41) is 2.65. The van der Waals surface area contributed by atoms with Crippen molar-refractivity contribution >= 4 is 39.4 Å². The van der Waals surface area contributed by atoms with Gasteiger partial charge in [-0.2, -0.15) is 4.98 Å². The van der Waals surface area contributed by atoms with Crippen LogP contribution in [0.15, 0.2) is 47.6 Å². The number of likely N-dealkylation sites (tertiary alicyclic amines) is 1. The molecule has 2 amide bonds. The van der Waals surface area contributed by atoms with Crippen LogP contribution in [-0.4, -0.2) is 46.9 Å². The van der Waals surface area contributed by atoms with Crippen LogP contribution in [0, 0.1) is 0 Å². The Kier molecular flexibility index (Phi) is 7.94. The zero-order valence-corrected chi connectivity index (χ0v) is 17.1. The summed E-state index contributed by atoms with van der Waals surface area (Å²) in [7, 11) is 1.52. The molecular formula is C19H22BrN5O3. The summed E-state index contributed by atoms with van der Waals surface area (Å²) in [5.41, 5.74) is 6.61. The first-order valence-electron chi connectivity index (χ1n) is 8.59. The van der Waals surface area contributed by atoms with Crippen molar-refractivity contribution in [2.75, 3.05) is 31.2 Å². The third kappa shape index (κ3) is 6.05. The van der Waals surface area contributed by atoms with E-state index < -0.39 is 0 Å². The van der Waals surface area contributed by atoms with Crippen molar-refractivity contribution in [3.05, 3.63) is 53.2 Å². The molecule has 3 rings (SSSR count). The molecule has 1 aliphatic rings. The normalized spacial score (nSPS) is 12.6. The van der Waals surface area contributed by atoms with Crippen LogP contribution in [0.25, 0.3) is 0 Å². The van der Waals surface area contributed by atoms with Gasteiger partial charge in [0.15, 0.2) is 0 Å². The number of rotatable bonds is 4. The Balaban J connectivity index is 0.000000237. The van der Waals surface area contributed by atoms with Crippen molar-refractivity contribution in [2.45, 2.75) is 12.8 Å². The first-order chi connectivity index (χ1) is 13.4. The van der Waals surface area contributed by atoms with E-state index in [2.05, 4.69) is 37.8 Å². The van der Waals surface area contributed by atoms with Gasteiger partial charge in [0.05, 0.1) is 17.8 Å². The molecule has 0 unspecified atom stereocenters. The molecule has 0 aliphatic carbocycles. The molecule has 8 nitrogen and oxygen atoms in total. The van der Waals surface area contributed by atoms with E-state index >= 15 is 0 Å². The average Bonchev–Trinajstić information content (AvgIpc) is 3.25. The second-order valence-corrected chi connectivity index (χ2v) is 6.71. The fourth-order valence-electron chi connectivity index (χ4n) is 2.50. The number of ether oxygens (including phenoxy) is 1. The van der Waals surface area contributed by atoms with Gasteiger partial charge in [-0.05, 0) is 59.1 Å². The van der Waals surface area contributed by atoms with Gasteiger partial charge in [0.2, 0.25) is 17.7 Å². The predicted octanol–water partition coefficient (Wildman–Crippen LogP) is 2.88. The van der Waals surface area contributed by atoms with Crippen molar-refractivity contribution in [3.63, 3.8) is 0 Å². The standard InChI is InChI=1S/C14H16N2O2.C5H6BrN3O/c1-2-13(17)15-12-7-5-11(6-8-12)14(18)16-9-3-4-10-16;1-10-4-3(6)2-8-5(7)9-4/h2,5-8H,1,3-4,9-10H2,(H,15,17);2H,1H3,(H2,7,8,9). The number of anilines is 2. The summed E-state index contributed by atoms with van der Waals surface area (Å²) in [6.07, 6.45) is 4.92. The Hall–Kier alpha value is -2.94. The summed E-state index contributed by atoms with van der Waals surface area (Å²) in [6.45, 7) is 5.06. The molecule has 1 aromatic heterocycles. The molecule has 148 valence electrons. The Bertz CT molecular complexity index is 836. The molecule has 1 fully saturated rings. The maximum absolute atomic E-state index is 12.1. The van der Waals surface area contributed by atoms with Crippen LogP contribution < -0.4 is 15.8 Å². The molecule has 0 saturated carbocycles. The Morgan fingerprint density at radius 3 is 2.46 bits per heavy atom. The third-order valence-corrected chi connectivity index (χ3v) is 4.45. The summed E-state index contributed by atoms with van der Waals surface area (Å²) in [5.74, 6) is 0.468. The first kappa shape index (κ1) is 21.4. The van der Waals surface area contributed by atoms with E-state index in [4.69, 9.17) is 10.5 Å². The second-order valence-electron chi connectivity index (χ2n) is 5.86. The average molecular weight is 448 g/mol. The number of nitrogens with two attached hydrogens (primary N) is 1. The first-order valence-corrected chi connectivity index (χ1v) is 9.38. The number of hydrogen-bond acceptors (Lipinski definition) is 6. The molecule has 0 atom stereocenters. The van der Waals surface area contributed by atoms with Gasteiger partial charge in [-0.1, -0.05) is 6.58 Å². The van der Waals surface area contributed by atoms with Crippen molar-refractivity contribution in [1.82, 2.24) is 14.9 Å². The van der Waals surface area contributed by atoms with E-state index in [-0.39, 0.29) is 17.8 Å². The maximum atomic E-state index is 12.1. The van der Waals surface area contributed by atoms with Crippen molar-refractivity contribution in [2.24, 2.45) is 0 Å². The Morgan fingerprint density at radius 1 is 1.29 bits per heavy atom. The number of aromatic nitrogens is 2. The van der Waals surface area contributed by atoms with Gasteiger partial charge >= 0.3 is 0 Å². The van der Waals surface area contributed by atoms with Crippen LogP contribution in [0.4, 0.5) is 11.6 Å². The molecule has 1 aromatic carbocycles. The zero-order chi connectivity index (χ0) is 20.5. The topological polar surface area (TPSA) is 110 Å². The summed E-state index contributed by atoms with van der Waals surface area (Å²) in [6, 6.07) is 6.92. The highest BCUT2D eigenvalue weighted by Crippen LogP contribution is 2.20. The van der Waals surface area contributed by atoms with Crippen LogP contribution in [0.2, 0.25) is 0 Å². The Morgan fingerprint density at radius 2 is 1.93 bits per heavy atom.